The van der Waals surface area contributed by atoms with Crippen LogP contribution in [0.25, 0.3) is 22.4 Å². The van der Waals surface area contributed by atoms with Crippen molar-refractivity contribution >= 4 is 0 Å². The number of nitrogens with zero attached hydrogens (tertiary/aromatic N) is 1. The van der Waals surface area contributed by atoms with Gasteiger partial charge in [0.05, 0.1) is 0 Å². The van der Waals surface area contributed by atoms with Crippen LogP contribution in [-0.2, 0) is 12.5 Å². The van der Waals surface area contributed by atoms with E-state index in [4.69, 9.17) is 4.11 Å². The summed E-state index contributed by atoms with van der Waals surface area (Å²) in [4.78, 5) is 0. The van der Waals surface area contributed by atoms with Crippen LogP contribution in [0.3, 0.4) is 0 Å². The van der Waals surface area contributed by atoms with E-state index in [1.165, 1.54) is 31.2 Å². The average Bonchev–Trinajstić information content (AvgIpc) is 2.76. The number of rotatable bonds is 3. The van der Waals surface area contributed by atoms with Crippen molar-refractivity contribution in [1.82, 2.24) is 0 Å². The van der Waals surface area contributed by atoms with Gasteiger partial charge in [0, 0.05) is 21.8 Å². The Kier molecular flexibility index (Phi) is 4.43. The van der Waals surface area contributed by atoms with Gasteiger partial charge in [0.1, 0.15) is 7.05 Å². The molecule has 0 unspecified atom stereocenters. The summed E-state index contributed by atoms with van der Waals surface area (Å²) in [6, 6.07) is 18.4. The molecule has 1 fully saturated rings. The van der Waals surface area contributed by atoms with Crippen molar-refractivity contribution in [3.63, 3.8) is 0 Å². The number of hydrogen-bond acceptors (Lipinski definition) is 0. The minimum Gasteiger partial charge on any atom is -0.201 e. The summed E-state index contributed by atoms with van der Waals surface area (Å²) < 4.78 is 26.6. The third-order valence-corrected chi connectivity index (χ3v) is 7.28. The smallest absolute Gasteiger partial charge is 0.201 e. The van der Waals surface area contributed by atoms with Gasteiger partial charge in [0.2, 0.25) is 5.69 Å². The highest BCUT2D eigenvalue weighted by Gasteiger charge is 2.37. The highest BCUT2D eigenvalue weighted by Crippen LogP contribution is 2.46. The molecule has 0 amide bonds. The van der Waals surface area contributed by atoms with E-state index in [9.17, 15) is 0 Å². The second-order valence-electron chi connectivity index (χ2n) is 10.2. The molecule has 0 bridgehead atoms. The maximum absolute atomic E-state index is 8.13. The Morgan fingerprint density at radius 1 is 0.833 bits per heavy atom. The quantitative estimate of drug-likeness (QED) is 0.405. The number of hydrogen-bond donors (Lipinski definition) is 0. The van der Waals surface area contributed by atoms with Crippen molar-refractivity contribution in [2.75, 3.05) is 0 Å². The molecule has 30 heavy (non-hydrogen) atoms. The van der Waals surface area contributed by atoms with E-state index in [-0.39, 0.29) is 5.41 Å². The van der Waals surface area contributed by atoms with Crippen molar-refractivity contribution in [3.05, 3.63) is 77.5 Å². The van der Waals surface area contributed by atoms with E-state index in [0.717, 1.165) is 27.9 Å². The lowest BCUT2D eigenvalue weighted by atomic mass is 9.63. The Labute approximate surface area is 187 Å². The lowest BCUT2D eigenvalue weighted by molar-refractivity contribution is -0.660. The molecule has 0 spiro atoms. The first kappa shape index (κ1) is 17.3. The Balaban J connectivity index is 1.85. The van der Waals surface area contributed by atoms with Gasteiger partial charge in [0.15, 0.2) is 6.20 Å². The average molecular weight is 402 g/mol. The lowest BCUT2D eigenvalue weighted by Crippen LogP contribution is -2.35. The molecule has 1 nitrogen and oxygen atoms in total. The molecule has 4 rings (SSSR count). The Bertz CT molecular complexity index is 1150. The zero-order valence-electron chi connectivity index (χ0n) is 22.0. The summed E-state index contributed by atoms with van der Waals surface area (Å²) in [5, 5.41) is 0. The zero-order valence-corrected chi connectivity index (χ0v) is 19.0. The van der Waals surface area contributed by atoms with Crippen LogP contribution in [-0.4, -0.2) is 0 Å². The number of aromatic nitrogens is 1. The van der Waals surface area contributed by atoms with E-state index in [2.05, 4.69) is 56.8 Å². The molecular formula is C29H36N+. The van der Waals surface area contributed by atoms with Gasteiger partial charge in [-0.3, -0.25) is 0 Å². The van der Waals surface area contributed by atoms with E-state index < -0.39 is 6.85 Å². The first-order valence-corrected chi connectivity index (χ1v) is 11.1. The van der Waals surface area contributed by atoms with Crippen LogP contribution in [0.1, 0.15) is 67.3 Å². The van der Waals surface area contributed by atoms with Crippen LogP contribution < -0.4 is 4.57 Å². The van der Waals surface area contributed by atoms with Crippen molar-refractivity contribution < 1.29 is 8.68 Å². The fourth-order valence-corrected chi connectivity index (χ4v) is 4.82. The van der Waals surface area contributed by atoms with Crippen LogP contribution in [0.5, 0.6) is 0 Å². The molecule has 1 aliphatic rings. The zero-order chi connectivity index (χ0) is 24.0. The summed E-state index contributed by atoms with van der Waals surface area (Å²) in [5.41, 5.74) is 7.32. The van der Waals surface area contributed by atoms with Crippen LogP contribution in [0.15, 0.2) is 60.8 Å². The maximum atomic E-state index is 8.13. The molecule has 156 valence electrons. The van der Waals surface area contributed by atoms with Crippen LogP contribution in [0.2, 0.25) is 0 Å². The van der Waals surface area contributed by atoms with Gasteiger partial charge in [-0.1, -0.05) is 57.2 Å². The minimum absolute atomic E-state index is 0.174. The summed E-state index contributed by atoms with van der Waals surface area (Å²) in [7, 11) is 2.07. The molecule has 1 aliphatic carbocycles. The fourth-order valence-electron chi connectivity index (χ4n) is 4.82. The van der Waals surface area contributed by atoms with Gasteiger partial charge in [-0.15, -0.1) is 0 Å². The molecule has 0 radical (unpaired) electrons. The standard InChI is InChI=1S/C29H36N/c1-21-18-22(2)26(20-25(21)23-10-8-7-9-11-23)27-19-24(12-17-30(27)6)29(5)15-13-28(3,4)14-16-29/h7-12,17-20H,13-16H2,1-6H3/q+1/i1D3. The van der Waals surface area contributed by atoms with Crippen molar-refractivity contribution in [2.45, 2.75) is 65.6 Å². The van der Waals surface area contributed by atoms with Crippen LogP contribution in [0, 0.1) is 19.2 Å². The summed E-state index contributed by atoms with van der Waals surface area (Å²) in [6.45, 7) is 7.02. The van der Waals surface area contributed by atoms with Gasteiger partial charge < -0.3 is 0 Å². The second-order valence-corrected chi connectivity index (χ2v) is 10.2. The maximum Gasteiger partial charge on any atom is 0.212 e. The minimum atomic E-state index is -2.17. The van der Waals surface area contributed by atoms with Gasteiger partial charge in [-0.05, 0) is 84.2 Å². The number of aryl methyl sites for hydroxylation is 3. The molecule has 1 saturated carbocycles. The van der Waals surface area contributed by atoms with E-state index in [1.807, 2.05) is 43.3 Å². The monoisotopic (exact) mass is 401 g/mol. The van der Waals surface area contributed by atoms with Gasteiger partial charge in [0.25, 0.3) is 0 Å². The molecule has 2 aromatic carbocycles. The molecule has 0 N–H and O–H groups in total. The number of pyridine rings is 1. The molecule has 0 atom stereocenters. The van der Waals surface area contributed by atoms with Gasteiger partial charge in [-0.25, -0.2) is 4.57 Å². The molecule has 3 aromatic rings. The third-order valence-electron chi connectivity index (χ3n) is 7.28. The molecule has 1 heteroatoms. The molecule has 0 saturated heterocycles. The van der Waals surface area contributed by atoms with Crippen LogP contribution >= 0.6 is 0 Å². The Hall–Kier alpha value is -2.41. The summed E-state index contributed by atoms with van der Waals surface area (Å²) >= 11 is 0. The third kappa shape index (κ3) is 3.95. The van der Waals surface area contributed by atoms with Crippen molar-refractivity contribution in [3.8, 4) is 22.4 Å². The molecule has 1 heterocycles. The van der Waals surface area contributed by atoms with Crippen molar-refractivity contribution in [1.29, 1.82) is 0 Å². The van der Waals surface area contributed by atoms with Gasteiger partial charge >= 0.3 is 0 Å². The summed E-state index contributed by atoms with van der Waals surface area (Å²) in [5.74, 6) is 0. The first-order valence-electron chi connectivity index (χ1n) is 12.6. The first-order chi connectivity index (χ1) is 15.4. The summed E-state index contributed by atoms with van der Waals surface area (Å²) in [6.07, 6.45) is 7.03. The van der Waals surface area contributed by atoms with E-state index >= 15 is 0 Å². The second kappa shape index (κ2) is 7.69. The highest BCUT2D eigenvalue weighted by molar-refractivity contribution is 5.75. The topological polar surface area (TPSA) is 3.88 Å². The van der Waals surface area contributed by atoms with Gasteiger partial charge in [-0.2, -0.15) is 0 Å². The Morgan fingerprint density at radius 2 is 1.53 bits per heavy atom. The predicted molar refractivity (Wildman–Crippen MR) is 128 cm³/mol. The largest absolute Gasteiger partial charge is 0.212 e. The fraction of sp³-hybridized carbons (Fsp3) is 0.414. The molecule has 0 aliphatic heterocycles. The van der Waals surface area contributed by atoms with E-state index in [1.54, 1.807) is 0 Å². The predicted octanol–water partition coefficient (Wildman–Crippen LogP) is 7.32. The highest BCUT2D eigenvalue weighted by atomic mass is 14.9. The SMILES string of the molecule is [2H]C([2H])([2H])c1cc(C)c(-c2cc(C3(C)CCC(C)(C)CC3)cc[n+]2C)cc1-c1ccccc1. The van der Waals surface area contributed by atoms with Crippen molar-refractivity contribution in [2.24, 2.45) is 12.5 Å². The Morgan fingerprint density at radius 3 is 2.20 bits per heavy atom. The molecule has 1 aromatic heterocycles. The lowest BCUT2D eigenvalue weighted by Gasteiger charge is -2.41. The normalized spacial score (nSPS) is 19.6. The molecular weight excluding hydrogens is 362 g/mol. The number of benzene rings is 2. The van der Waals surface area contributed by atoms with E-state index in [0.29, 0.717) is 11.0 Å². The van der Waals surface area contributed by atoms with Crippen LogP contribution in [0.4, 0.5) is 0 Å².